The molecular weight excluding hydrogens is 677 g/mol. The third kappa shape index (κ3) is 16.5. The van der Waals surface area contributed by atoms with E-state index in [1.165, 1.54) is 46.6 Å². The number of Topliss-reactive ketones (excluding diaryl/α,β-unsaturated/α-hetero) is 1. The first kappa shape index (κ1) is 45.2. The molecule has 1 aromatic heterocycles. The molecule has 4 rings (SSSR count). The SMILES string of the molecule is C.C.CC(=S)c1ccc(C(C)(C)C)cc1.CC(C)(C)C(=O)CCCCC1CCSS1.CC(C)(C)c1ccc(-c2cc(=S)ss2)cc1. The van der Waals surface area contributed by atoms with Gasteiger partial charge in [0.2, 0.25) is 0 Å². The van der Waals surface area contributed by atoms with Crippen LogP contribution in [0.1, 0.15) is 133 Å². The van der Waals surface area contributed by atoms with Gasteiger partial charge in [-0.25, -0.2) is 0 Å². The van der Waals surface area contributed by atoms with E-state index in [9.17, 15) is 4.79 Å². The van der Waals surface area contributed by atoms with Gasteiger partial charge in [-0.05, 0) is 65.3 Å². The van der Waals surface area contributed by atoms with E-state index in [1.54, 1.807) is 20.7 Å². The molecule has 1 nitrogen and oxygen atoms in total. The molecule has 258 valence electrons. The van der Waals surface area contributed by atoms with Crippen LogP contribution >= 0.6 is 66.7 Å². The lowest BCUT2D eigenvalue weighted by atomic mass is 9.86. The lowest BCUT2D eigenvalue weighted by Crippen LogP contribution is -2.19. The van der Waals surface area contributed by atoms with Crippen molar-refractivity contribution in [1.29, 1.82) is 0 Å². The predicted octanol–water partition coefficient (Wildman–Crippen LogP) is 14.8. The van der Waals surface area contributed by atoms with Gasteiger partial charge in [-0.1, -0.05) is 199 Å². The quantitative estimate of drug-likeness (QED) is 0.104. The highest BCUT2D eigenvalue weighted by Gasteiger charge is 2.21. The van der Waals surface area contributed by atoms with Gasteiger partial charge in [-0.3, -0.25) is 4.79 Å². The van der Waals surface area contributed by atoms with Crippen LogP contribution in [-0.2, 0) is 15.6 Å². The Morgan fingerprint density at radius 2 is 1.33 bits per heavy atom. The highest BCUT2D eigenvalue weighted by molar-refractivity contribution is 8.77. The highest BCUT2D eigenvalue weighted by atomic mass is 33.1. The second kappa shape index (κ2) is 20.6. The highest BCUT2D eigenvalue weighted by Crippen LogP contribution is 2.40. The fourth-order valence-corrected chi connectivity index (χ4v) is 9.88. The number of benzene rings is 2. The monoisotopic (exact) mass is 736 g/mol. The Bertz CT molecular complexity index is 1350. The molecule has 2 aromatic carbocycles. The van der Waals surface area contributed by atoms with Crippen LogP contribution in [0.4, 0.5) is 0 Å². The van der Waals surface area contributed by atoms with Crippen LogP contribution in [0, 0.1) is 9.24 Å². The topological polar surface area (TPSA) is 17.1 Å². The van der Waals surface area contributed by atoms with Crippen molar-refractivity contribution < 1.29 is 4.79 Å². The number of hydrogen-bond donors (Lipinski definition) is 0. The molecule has 0 bridgehead atoms. The molecule has 2 heterocycles. The molecule has 0 spiro atoms. The summed E-state index contributed by atoms with van der Waals surface area (Å²) in [6.45, 7) is 21.3. The van der Waals surface area contributed by atoms with Crippen molar-refractivity contribution in [2.75, 3.05) is 5.75 Å². The summed E-state index contributed by atoms with van der Waals surface area (Å²) < 4.78 is 0.972. The van der Waals surface area contributed by atoms with Crippen molar-refractivity contribution in [3.8, 4) is 10.4 Å². The average Bonchev–Trinajstić information content (AvgIpc) is 3.62. The van der Waals surface area contributed by atoms with E-state index in [4.69, 9.17) is 24.4 Å². The lowest BCUT2D eigenvalue weighted by molar-refractivity contribution is -0.126. The van der Waals surface area contributed by atoms with E-state index >= 15 is 0 Å². The largest absolute Gasteiger partial charge is 0.299 e. The summed E-state index contributed by atoms with van der Waals surface area (Å²) in [6.07, 6.45) is 5.74. The minimum atomic E-state index is -0.141. The maximum absolute atomic E-state index is 11.7. The molecule has 3 aromatic rings. The fraction of sp³-hybridized carbons (Fsp3) is 0.564. The van der Waals surface area contributed by atoms with Gasteiger partial charge in [-0.2, -0.15) is 0 Å². The standard InChI is InChI=1S/C13H14S3.C12H22OS2.C12H16S.2CH4/c1-13(2,3)10-6-4-9(5-7-10)11-8-12(14)16-15-11;1-12(2,3)11(13)7-5-4-6-10-8-9-14-15-10;1-9(13)10-5-7-11(8-6-10)12(2,3)4;;/h4-8H,1-3H3;10H,4-9H2,1-3H3;5-8H,1-4H3;2*1H4. The molecule has 1 atom stereocenters. The van der Waals surface area contributed by atoms with E-state index in [2.05, 4.69) is 96.1 Å². The van der Waals surface area contributed by atoms with Gasteiger partial charge in [0, 0.05) is 32.6 Å². The summed E-state index contributed by atoms with van der Waals surface area (Å²) in [5.74, 6) is 1.73. The van der Waals surface area contributed by atoms with Gasteiger partial charge in [-0.15, -0.1) is 0 Å². The number of carbonyl (C=O) groups is 1. The molecule has 0 N–H and O–H groups in total. The first-order chi connectivity index (χ1) is 20.4. The maximum Gasteiger partial charge on any atom is 0.138 e. The van der Waals surface area contributed by atoms with E-state index in [1.807, 2.05) is 49.3 Å². The van der Waals surface area contributed by atoms with E-state index < -0.39 is 0 Å². The maximum atomic E-state index is 11.7. The summed E-state index contributed by atoms with van der Waals surface area (Å²) >= 11 is 10.2. The smallest absolute Gasteiger partial charge is 0.138 e. The molecule has 0 radical (unpaired) electrons. The number of hydrogen-bond acceptors (Lipinski definition) is 7. The zero-order valence-corrected chi connectivity index (χ0v) is 33.3. The second-order valence-corrected chi connectivity index (χ2v) is 20.8. The molecular formula is C39H60OS6. The van der Waals surface area contributed by atoms with Gasteiger partial charge < -0.3 is 0 Å². The third-order valence-electron chi connectivity index (χ3n) is 7.40. The van der Waals surface area contributed by atoms with Gasteiger partial charge in [0.15, 0.2) is 0 Å². The van der Waals surface area contributed by atoms with Crippen LogP contribution in [0.2, 0.25) is 0 Å². The van der Waals surface area contributed by atoms with Crippen molar-refractivity contribution >= 4 is 77.4 Å². The van der Waals surface area contributed by atoms with Crippen molar-refractivity contribution in [2.24, 2.45) is 5.41 Å². The molecule has 0 saturated carbocycles. The van der Waals surface area contributed by atoms with Gasteiger partial charge in [0.05, 0.1) is 0 Å². The van der Waals surface area contributed by atoms with E-state index in [0.717, 1.165) is 32.3 Å². The van der Waals surface area contributed by atoms with Crippen molar-refractivity contribution in [2.45, 2.75) is 132 Å². The molecule has 1 unspecified atom stereocenters. The molecule has 1 aliphatic rings. The molecule has 46 heavy (non-hydrogen) atoms. The fourth-order valence-electron chi connectivity index (χ4n) is 4.31. The van der Waals surface area contributed by atoms with Crippen molar-refractivity contribution in [3.63, 3.8) is 0 Å². The number of rotatable bonds is 7. The lowest BCUT2D eigenvalue weighted by Gasteiger charge is -2.18. The summed E-state index contributed by atoms with van der Waals surface area (Å²) in [7, 11) is 7.46. The Balaban J connectivity index is 0.000000650. The minimum Gasteiger partial charge on any atom is -0.299 e. The van der Waals surface area contributed by atoms with Crippen LogP contribution in [-0.4, -0.2) is 21.7 Å². The van der Waals surface area contributed by atoms with Crippen LogP contribution in [0.5, 0.6) is 0 Å². The first-order valence-corrected chi connectivity index (χ1v) is 20.9. The normalized spacial score (nSPS) is 14.4. The number of thiocarbonyl (C=S) groups is 1. The Labute approximate surface area is 309 Å². The molecule has 0 aliphatic carbocycles. The Morgan fingerprint density at radius 3 is 1.72 bits per heavy atom. The van der Waals surface area contributed by atoms with Crippen LogP contribution in [0.3, 0.4) is 0 Å². The molecule has 1 aliphatic heterocycles. The molecule has 1 saturated heterocycles. The molecule has 1 fully saturated rings. The summed E-state index contributed by atoms with van der Waals surface area (Å²) in [5, 5.41) is 0.861. The Morgan fingerprint density at radius 1 is 0.804 bits per heavy atom. The molecule has 7 heteroatoms. The van der Waals surface area contributed by atoms with Crippen molar-refractivity contribution in [3.05, 3.63) is 75.1 Å². The minimum absolute atomic E-state index is 0. The Hall–Kier alpha value is -0.830. The molecule has 0 amide bonds. The number of ketones is 1. The van der Waals surface area contributed by atoms with Gasteiger partial charge in [0.25, 0.3) is 0 Å². The second-order valence-electron chi connectivity index (χ2n) is 14.5. The van der Waals surface area contributed by atoms with Gasteiger partial charge in [0.1, 0.15) is 9.61 Å². The predicted molar refractivity (Wildman–Crippen MR) is 225 cm³/mol. The summed E-state index contributed by atoms with van der Waals surface area (Å²) in [4.78, 5) is 13.9. The van der Waals surface area contributed by atoms with Crippen LogP contribution in [0.15, 0.2) is 54.6 Å². The number of unbranched alkanes of at least 4 members (excludes halogenated alkanes) is 1. The number of carbonyl (C=O) groups excluding carboxylic acids is 1. The summed E-state index contributed by atoms with van der Waals surface area (Å²) in [5.41, 5.74) is 5.46. The third-order valence-corrected chi connectivity index (χ3v) is 13.6. The van der Waals surface area contributed by atoms with Crippen LogP contribution < -0.4 is 0 Å². The zero-order valence-electron chi connectivity index (χ0n) is 28.4. The zero-order chi connectivity index (χ0) is 33.1. The average molecular weight is 737 g/mol. The first-order valence-electron chi connectivity index (χ1n) is 15.5. The van der Waals surface area contributed by atoms with Gasteiger partial charge >= 0.3 is 0 Å². The summed E-state index contributed by atoms with van der Waals surface area (Å²) in [6, 6.07) is 19.4. The van der Waals surface area contributed by atoms with Crippen molar-refractivity contribution in [1.82, 2.24) is 0 Å². The Kier molecular flexibility index (Phi) is 20.3. The van der Waals surface area contributed by atoms with Crippen LogP contribution in [0.25, 0.3) is 10.4 Å². The van der Waals surface area contributed by atoms with E-state index in [0.29, 0.717) is 5.78 Å². The van der Waals surface area contributed by atoms with E-state index in [-0.39, 0.29) is 31.1 Å².